The first kappa shape index (κ1) is 17.7. The number of nitrogens with zero attached hydrogens (tertiary/aromatic N) is 2. The van der Waals surface area contributed by atoms with E-state index in [9.17, 15) is 18.3 Å². The standard InChI is InChI=1S/C17H14F3N3O3/c18-17(19,20)25-13-7-3-11(4-8-13)15-22-16(26-23-15)14(21)9-10-1-5-12(24)6-2-10/h1-8,14,24H,9,21H2. The topological polar surface area (TPSA) is 94.4 Å². The molecular weight excluding hydrogens is 351 g/mol. The molecule has 136 valence electrons. The van der Waals surface area contributed by atoms with Gasteiger partial charge in [-0.2, -0.15) is 4.98 Å². The average molecular weight is 365 g/mol. The maximum absolute atomic E-state index is 12.2. The molecule has 0 radical (unpaired) electrons. The fourth-order valence-corrected chi connectivity index (χ4v) is 2.28. The van der Waals surface area contributed by atoms with Gasteiger partial charge in [-0.25, -0.2) is 0 Å². The number of hydrogen-bond donors (Lipinski definition) is 2. The number of hydrogen-bond acceptors (Lipinski definition) is 6. The summed E-state index contributed by atoms with van der Waals surface area (Å²) in [5.74, 6) is 0.220. The SMILES string of the molecule is NC(Cc1ccc(O)cc1)c1nc(-c2ccc(OC(F)(F)F)cc2)no1. The van der Waals surface area contributed by atoms with Gasteiger partial charge in [-0.1, -0.05) is 17.3 Å². The van der Waals surface area contributed by atoms with Crippen molar-refractivity contribution in [3.8, 4) is 22.9 Å². The Morgan fingerprint density at radius 2 is 1.73 bits per heavy atom. The van der Waals surface area contributed by atoms with Gasteiger partial charge >= 0.3 is 6.36 Å². The fourth-order valence-electron chi connectivity index (χ4n) is 2.28. The predicted molar refractivity (Wildman–Crippen MR) is 85.2 cm³/mol. The molecule has 3 N–H and O–H groups in total. The number of ether oxygens (including phenoxy) is 1. The molecule has 26 heavy (non-hydrogen) atoms. The Morgan fingerprint density at radius 1 is 1.08 bits per heavy atom. The molecular formula is C17H14F3N3O3. The third-order valence-electron chi connectivity index (χ3n) is 3.50. The van der Waals surface area contributed by atoms with Gasteiger partial charge in [-0.15, -0.1) is 13.2 Å². The van der Waals surface area contributed by atoms with Crippen LogP contribution in [0.3, 0.4) is 0 Å². The second-order valence-corrected chi connectivity index (χ2v) is 5.51. The van der Waals surface area contributed by atoms with E-state index in [4.69, 9.17) is 10.3 Å². The van der Waals surface area contributed by atoms with E-state index in [1.54, 1.807) is 24.3 Å². The quantitative estimate of drug-likeness (QED) is 0.718. The van der Waals surface area contributed by atoms with Crippen LogP contribution in [0.2, 0.25) is 0 Å². The van der Waals surface area contributed by atoms with Crippen molar-refractivity contribution in [2.24, 2.45) is 5.73 Å². The molecule has 0 amide bonds. The van der Waals surface area contributed by atoms with Gasteiger partial charge in [0.2, 0.25) is 11.7 Å². The van der Waals surface area contributed by atoms with Crippen molar-refractivity contribution < 1.29 is 27.5 Å². The minimum Gasteiger partial charge on any atom is -0.508 e. The number of phenolic OH excluding ortho intramolecular Hbond substituents is 1. The van der Waals surface area contributed by atoms with Crippen LogP contribution in [0, 0.1) is 0 Å². The van der Waals surface area contributed by atoms with Gasteiger partial charge in [0.05, 0.1) is 6.04 Å². The van der Waals surface area contributed by atoms with Crippen molar-refractivity contribution in [3.63, 3.8) is 0 Å². The first-order valence-electron chi connectivity index (χ1n) is 7.53. The molecule has 0 aliphatic carbocycles. The van der Waals surface area contributed by atoms with Crippen LogP contribution in [0.1, 0.15) is 17.5 Å². The molecule has 0 fully saturated rings. The van der Waals surface area contributed by atoms with Crippen molar-refractivity contribution in [3.05, 3.63) is 60.0 Å². The molecule has 0 aliphatic rings. The molecule has 1 atom stereocenters. The van der Waals surface area contributed by atoms with Crippen molar-refractivity contribution >= 4 is 0 Å². The summed E-state index contributed by atoms with van der Waals surface area (Å²) < 4.78 is 45.5. The van der Waals surface area contributed by atoms with E-state index in [-0.39, 0.29) is 23.2 Å². The van der Waals surface area contributed by atoms with E-state index in [1.807, 2.05) is 0 Å². The summed E-state index contributed by atoms with van der Waals surface area (Å²) in [6.07, 6.45) is -4.33. The van der Waals surface area contributed by atoms with Gasteiger partial charge in [0.25, 0.3) is 0 Å². The lowest BCUT2D eigenvalue weighted by Gasteiger charge is -2.08. The molecule has 2 aromatic carbocycles. The number of nitrogens with two attached hydrogens (primary N) is 1. The second kappa shape index (κ2) is 7.04. The summed E-state index contributed by atoms with van der Waals surface area (Å²) in [6, 6.07) is 11.1. The fraction of sp³-hybridized carbons (Fsp3) is 0.176. The van der Waals surface area contributed by atoms with Crippen LogP contribution in [0.5, 0.6) is 11.5 Å². The number of aromatic nitrogens is 2. The zero-order valence-corrected chi connectivity index (χ0v) is 13.3. The van der Waals surface area contributed by atoms with E-state index < -0.39 is 12.4 Å². The minimum absolute atomic E-state index is 0.153. The Hall–Kier alpha value is -3.07. The number of benzene rings is 2. The summed E-state index contributed by atoms with van der Waals surface area (Å²) in [5.41, 5.74) is 7.39. The summed E-state index contributed by atoms with van der Waals surface area (Å²) in [5, 5.41) is 13.1. The van der Waals surface area contributed by atoms with E-state index in [0.717, 1.165) is 17.7 Å². The Labute approximate surface area is 146 Å². The van der Waals surface area contributed by atoms with Crippen molar-refractivity contribution in [1.29, 1.82) is 0 Å². The normalized spacial score (nSPS) is 12.8. The summed E-state index contributed by atoms with van der Waals surface area (Å²) >= 11 is 0. The van der Waals surface area contributed by atoms with Crippen LogP contribution in [0.4, 0.5) is 13.2 Å². The maximum atomic E-state index is 12.2. The van der Waals surface area contributed by atoms with E-state index in [2.05, 4.69) is 14.9 Å². The van der Waals surface area contributed by atoms with Crippen molar-refractivity contribution in [2.45, 2.75) is 18.8 Å². The smallest absolute Gasteiger partial charge is 0.508 e. The number of phenols is 1. The Morgan fingerprint density at radius 3 is 2.35 bits per heavy atom. The van der Waals surface area contributed by atoms with Gasteiger partial charge in [-0.05, 0) is 48.4 Å². The Bertz CT molecular complexity index is 861. The highest BCUT2D eigenvalue weighted by molar-refractivity contribution is 5.55. The summed E-state index contributed by atoms with van der Waals surface area (Å²) in [4.78, 5) is 4.18. The first-order valence-corrected chi connectivity index (χ1v) is 7.53. The van der Waals surface area contributed by atoms with Crippen molar-refractivity contribution in [1.82, 2.24) is 10.1 Å². The lowest BCUT2D eigenvalue weighted by atomic mass is 10.1. The predicted octanol–water partition coefficient (Wildman–Crippen LogP) is 3.58. The van der Waals surface area contributed by atoms with Gasteiger partial charge in [0.1, 0.15) is 11.5 Å². The molecule has 3 rings (SSSR count). The average Bonchev–Trinajstić information content (AvgIpc) is 3.06. The van der Waals surface area contributed by atoms with Gasteiger partial charge in [0, 0.05) is 5.56 Å². The zero-order chi connectivity index (χ0) is 18.7. The maximum Gasteiger partial charge on any atom is 0.573 e. The molecule has 6 nitrogen and oxygen atoms in total. The number of halogens is 3. The Balaban J connectivity index is 1.69. The summed E-state index contributed by atoms with van der Waals surface area (Å²) in [6.45, 7) is 0. The monoisotopic (exact) mass is 365 g/mol. The van der Waals surface area contributed by atoms with Crippen LogP contribution < -0.4 is 10.5 Å². The highest BCUT2D eigenvalue weighted by atomic mass is 19.4. The molecule has 1 unspecified atom stereocenters. The lowest BCUT2D eigenvalue weighted by molar-refractivity contribution is -0.274. The molecule has 3 aromatic rings. The molecule has 0 aliphatic heterocycles. The highest BCUT2D eigenvalue weighted by Gasteiger charge is 2.31. The summed E-state index contributed by atoms with van der Waals surface area (Å²) in [7, 11) is 0. The van der Waals surface area contributed by atoms with E-state index >= 15 is 0 Å². The lowest BCUT2D eigenvalue weighted by Crippen LogP contribution is -2.16. The van der Waals surface area contributed by atoms with E-state index in [0.29, 0.717) is 12.0 Å². The Kier molecular flexibility index (Phi) is 4.81. The van der Waals surface area contributed by atoms with Gasteiger partial charge in [0.15, 0.2) is 0 Å². The number of aromatic hydroxyl groups is 1. The largest absolute Gasteiger partial charge is 0.573 e. The van der Waals surface area contributed by atoms with E-state index in [1.165, 1.54) is 12.1 Å². The van der Waals surface area contributed by atoms with Gasteiger partial charge in [-0.3, -0.25) is 0 Å². The molecule has 0 saturated carbocycles. The highest BCUT2D eigenvalue weighted by Crippen LogP contribution is 2.26. The molecule has 0 saturated heterocycles. The van der Waals surface area contributed by atoms with Crippen LogP contribution in [0.25, 0.3) is 11.4 Å². The van der Waals surface area contributed by atoms with Gasteiger partial charge < -0.3 is 20.1 Å². The molecule has 1 heterocycles. The number of rotatable bonds is 5. The molecule has 9 heteroatoms. The van der Waals surface area contributed by atoms with Crippen LogP contribution >= 0.6 is 0 Å². The van der Waals surface area contributed by atoms with Crippen LogP contribution in [-0.4, -0.2) is 21.6 Å². The second-order valence-electron chi connectivity index (χ2n) is 5.51. The third kappa shape index (κ3) is 4.51. The van der Waals surface area contributed by atoms with Crippen molar-refractivity contribution in [2.75, 3.05) is 0 Å². The zero-order valence-electron chi connectivity index (χ0n) is 13.3. The third-order valence-corrected chi connectivity index (χ3v) is 3.50. The van der Waals surface area contributed by atoms with Crippen LogP contribution in [0.15, 0.2) is 53.1 Å². The molecule has 0 spiro atoms. The number of alkyl halides is 3. The van der Waals surface area contributed by atoms with Crippen LogP contribution in [-0.2, 0) is 6.42 Å². The molecule has 1 aromatic heterocycles. The molecule has 0 bridgehead atoms. The minimum atomic E-state index is -4.75. The first-order chi connectivity index (χ1) is 12.3.